The van der Waals surface area contributed by atoms with E-state index in [2.05, 4.69) is 25.9 Å². The summed E-state index contributed by atoms with van der Waals surface area (Å²) in [6, 6.07) is 14.4. The lowest BCUT2D eigenvalue weighted by Crippen LogP contribution is -2.34. The third-order valence-electron chi connectivity index (χ3n) is 5.00. The van der Waals surface area contributed by atoms with Gasteiger partial charge in [0.05, 0.1) is 12.0 Å². The van der Waals surface area contributed by atoms with Crippen LogP contribution in [-0.4, -0.2) is 52.5 Å². The molecule has 1 unspecified atom stereocenters. The van der Waals surface area contributed by atoms with Crippen LogP contribution in [0.15, 0.2) is 48.5 Å². The third-order valence-corrected chi connectivity index (χ3v) is 5.00. The predicted octanol–water partition coefficient (Wildman–Crippen LogP) is 0.384. The van der Waals surface area contributed by atoms with Gasteiger partial charge in [-0.25, -0.2) is 0 Å². The molecule has 2 aromatic carbocycles. The predicted molar refractivity (Wildman–Crippen MR) is 107 cm³/mol. The number of rotatable bonds is 8. The van der Waals surface area contributed by atoms with Crippen LogP contribution in [-0.2, 0) is 5.41 Å². The molecule has 3 aromatic rings. The Bertz CT molecular complexity index is 908. The van der Waals surface area contributed by atoms with Gasteiger partial charge >= 0.3 is 0 Å². The first-order valence-electron chi connectivity index (χ1n) is 9.17. The molecule has 1 atom stereocenters. The number of nitrogens with zero attached hydrogens (tertiary/aromatic N) is 3. The van der Waals surface area contributed by atoms with Gasteiger partial charge in [0.25, 0.3) is 5.91 Å². The number of aromatic amines is 1. The van der Waals surface area contributed by atoms with Gasteiger partial charge in [0.1, 0.15) is 0 Å². The molecule has 29 heavy (non-hydrogen) atoms. The van der Waals surface area contributed by atoms with Gasteiger partial charge in [-0.05, 0) is 36.2 Å². The van der Waals surface area contributed by atoms with Gasteiger partial charge in [-0.15, -0.1) is 10.2 Å². The summed E-state index contributed by atoms with van der Waals surface area (Å²) in [4.78, 5) is 23.8. The minimum absolute atomic E-state index is 0.0565. The zero-order valence-electron chi connectivity index (χ0n) is 16.1. The maximum atomic E-state index is 11.9. The van der Waals surface area contributed by atoms with Crippen LogP contribution >= 0.6 is 0 Å². The smallest absolute Gasteiger partial charge is 0.251 e. The van der Waals surface area contributed by atoms with Crippen LogP contribution in [0.3, 0.4) is 0 Å². The molecular formula is C20H23N7O2. The highest BCUT2D eigenvalue weighted by atomic mass is 16.1. The van der Waals surface area contributed by atoms with Gasteiger partial charge < -0.3 is 16.8 Å². The molecule has 0 aliphatic heterocycles. The lowest BCUT2D eigenvalue weighted by atomic mass is 9.71. The topological polar surface area (TPSA) is 153 Å². The molecule has 150 valence electrons. The molecule has 0 saturated heterocycles. The van der Waals surface area contributed by atoms with Gasteiger partial charge in [0.2, 0.25) is 0 Å². The molecule has 0 saturated carbocycles. The van der Waals surface area contributed by atoms with E-state index in [4.69, 9.17) is 11.5 Å². The summed E-state index contributed by atoms with van der Waals surface area (Å²) >= 11 is 0. The minimum atomic E-state index is -0.798. The summed E-state index contributed by atoms with van der Waals surface area (Å²) in [5, 5.41) is 17.3. The van der Waals surface area contributed by atoms with Crippen molar-refractivity contribution in [2.24, 2.45) is 11.5 Å². The molecule has 0 radical (unpaired) electrons. The molecule has 0 spiro atoms. The van der Waals surface area contributed by atoms with Crippen molar-refractivity contribution in [1.82, 2.24) is 25.9 Å². The van der Waals surface area contributed by atoms with Crippen LogP contribution in [0.1, 0.15) is 44.1 Å². The SMILES string of the molecule is CNC(=O)c1ccc(C(CCN)(c2ccc(C(=O)CN)cc2)c2nn[nH]n2)cc1. The van der Waals surface area contributed by atoms with Gasteiger partial charge in [-0.2, -0.15) is 5.21 Å². The van der Waals surface area contributed by atoms with Crippen molar-refractivity contribution in [3.05, 3.63) is 76.6 Å². The minimum Gasteiger partial charge on any atom is -0.355 e. The molecule has 0 aliphatic rings. The molecule has 9 nitrogen and oxygen atoms in total. The van der Waals surface area contributed by atoms with Crippen LogP contribution < -0.4 is 16.8 Å². The summed E-state index contributed by atoms with van der Waals surface area (Å²) < 4.78 is 0. The normalized spacial score (nSPS) is 12.9. The number of ketones is 1. The summed E-state index contributed by atoms with van der Waals surface area (Å²) in [7, 11) is 1.58. The van der Waals surface area contributed by atoms with E-state index in [0.717, 1.165) is 11.1 Å². The number of benzene rings is 2. The van der Waals surface area contributed by atoms with E-state index in [0.29, 0.717) is 29.9 Å². The molecule has 0 aliphatic carbocycles. The second-order valence-corrected chi connectivity index (χ2v) is 6.54. The van der Waals surface area contributed by atoms with Crippen LogP contribution in [0.25, 0.3) is 0 Å². The van der Waals surface area contributed by atoms with E-state index in [1.807, 2.05) is 24.3 Å². The van der Waals surface area contributed by atoms with E-state index in [1.54, 1.807) is 31.3 Å². The number of nitrogens with two attached hydrogens (primary N) is 2. The second-order valence-electron chi connectivity index (χ2n) is 6.54. The number of carbonyl (C=O) groups is 2. The highest BCUT2D eigenvalue weighted by Crippen LogP contribution is 2.40. The second kappa shape index (κ2) is 8.72. The summed E-state index contributed by atoms with van der Waals surface area (Å²) in [5.74, 6) is 0.134. The van der Waals surface area contributed by atoms with Crippen molar-refractivity contribution >= 4 is 11.7 Å². The zero-order chi connectivity index (χ0) is 20.9. The van der Waals surface area contributed by atoms with Crippen molar-refractivity contribution in [1.29, 1.82) is 0 Å². The van der Waals surface area contributed by atoms with Crippen molar-refractivity contribution in [2.45, 2.75) is 11.8 Å². The average molecular weight is 393 g/mol. The van der Waals surface area contributed by atoms with Crippen molar-refractivity contribution in [3.8, 4) is 0 Å². The van der Waals surface area contributed by atoms with E-state index in [9.17, 15) is 9.59 Å². The van der Waals surface area contributed by atoms with Crippen molar-refractivity contribution in [3.63, 3.8) is 0 Å². The molecule has 3 rings (SSSR count). The largest absolute Gasteiger partial charge is 0.355 e. The number of aromatic nitrogens is 4. The monoisotopic (exact) mass is 393 g/mol. The molecule has 1 amide bonds. The molecule has 9 heteroatoms. The number of Topliss-reactive ketones (excluding diaryl/α,β-unsaturated/α-hetero) is 1. The average Bonchev–Trinajstić information content (AvgIpc) is 3.32. The van der Waals surface area contributed by atoms with Crippen LogP contribution in [0.4, 0.5) is 0 Å². The Balaban J connectivity index is 2.17. The Labute approximate surface area is 167 Å². The zero-order valence-corrected chi connectivity index (χ0v) is 16.1. The number of nitrogens with one attached hydrogen (secondary N) is 2. The fourth-order valence-electron chi connectivity index (χ4n) is 3.49. The van der Waals surface area contributed by atoms with Gasteiger partial charge in [0, 0.05) is 18.2 Å². The van der Waals surface area contributed by atoms with E-state index in [1.165, 1.54) is 0 Å². The first-order valence-corrected chi connectivity index (χ1v) is 9.17. The van der Waals surface area contributed by atoms with Crippen LogP contribution in [0, 0.1) is 0 Å². The van der Waals surface area contributed by atoms with Crippen molar-refractivity contribution < 1.29 is 9.59 Å². The maximum Gasteiger partial charge on any atom is 0.251 e. The van der Waals surface area contributed by atoms with Crippen molar-refractivity contribution in [2.75, 3.05) is 20.1 Å². The summed E-state index contributed by atoms with van der Waals surface area (Å²) in [6.45, 7) is 0.300. The number of hydrogen-bond donors (Lipinski definition) is 4. The molecule has 0 fully saturated rings. The molecule has 0 bridgehead atoms. The van der Waals surface area contributed by atoms with Crippen LogP contribution in [0.2, 0.25) is 0 Å². The summed E-state index contributed by atoms with van der Waals surface area (Å²) in [5.41, 5.74) is 13.4. The summed E-state index contributed by atoms with van der Waals surface area (Å²) in [6.07, 6.45) is 0.496. The first-order chi connectivity index (χ1) is 14.1. The number of H-pyrrole nitrogens is 1. The highest BCUT2D eigenvalue weighted by molar-refractivity contribution is 5.97. The number of tetrazole rings is 1. The quantitative estimate of drug-likeness (QED) is 0.404. The fourth-order valence-corrected chi connectivity index (χ4v) is 3.49. The van der Waals surface area contributed by atoms with Gasteiger partial charge in [-0.1, -0.05) is 41.6 Å². The van der Waals surface area contributed by atoms with Gasteiger partial charge in [-0.3, -0.25) is 9.59 Å². The fraction of sp³-hybridized carbons (Fsp3) is 0.250. The first kappa shape index (κ1) is 20.3. The van der Waals surface area contributed by atoms with Crippen LogP contribution in [0.5, 0.6) is 0 Å². The molecular weight excluding hydrogens is 370 g/mol. The van der Waals surface area contributed by atoms with E-state index >= 15 is 0 Å². The Kier molecular flexibility index (Phi) is 6.10. The van der Waals surface area contributed by atoms with E-state index in [-0.39, 0.29) is 18.2 Å². The molecule has 1 aromatic heterocycles. The van der Waals surface area contributed by atoms with E-state index < -0.39 is 5.41 Å². The number of hydrogen-bond acceptors (Lipinski definition) is 7. The maximum absolute atomic E-state index is 11.9. The Morgan fingerprint density at radius 3 is 2.03 bits per heavy atom. The standard InChI is InChI=1S/C20H23N7O2/c1-23-18(29)14-4-8-16(9-5-14)20(10-11-21,19-24-26-27-25-19)15-6-2-13(3-7-15)17(28)12-22/h2-9H,10-12,21-22H2,1H3,(H,23,29)(H,24,25,26,27). The molecule has 1 heterocycles. The van der Waals surface area contributed by atoms with Gasteiger partial charge in [0.15, 0.2) is 11.6 Å². The highest BCUT2D eigenvalue weighted by Gasteiger charge is 2.40. The Hall–Kier alpha value is -3.43. The third kappa shape index (κ3) is 3.78. The molecule has 6 N–H and O–H groups in total. The Morgan fingerprint density at radius 1 is 1.00 bits per heavy atom. The lowest BCUT2D eigenvalue weighted by Gasteiger charge is -2.32. The number of carbonyl (C=O) groups excluding carboxylic acids is 2. The Morgan fingerprint density at radius 2 is 1.59 bits per heavy atom. The lowest BCUT2D eigenvalue weighted by molar-refractivity contribution is 0.0961. The number of amides is 1.